The molecule has 1 aliphatic carbocycles. The van der Waals surface area contributed by atoms with Crippen molar-refractivity contribution in [3.8, 4) is 5.75 Å². The average molecular weight is 599 g/mol. The maximum absolute atomic E-state index is 13.0. The maximum Gasteiger partial charge on any atom is 0.334 e. The molecule has 1 heterocycles. The zero-order valence-electron chi connectivity index (χ0n) is 24.2. The smallest absolute Gasteiger partial charge is 0.334 e. The van der Waals surface area contributed by atoms with Gasteiger partial charge in [-0.25, -0.2) is 9.78 Å². The number of anilines is 1. The van der Waals surface area contributed by atoms with E-state index >= 15 is 0 Å². The van der Waals surface area contributed by atoms with Crippen LogP contribution in [-0.2, 0) is 19.4 Å². The summed E-state index contributed by atoms with van der Waals surface area (Å²) in [6, 6.07) is 24.7. The molecule has 3 aromatic carbocycles. The van der Waals surface area contributed by atoms with Crippen molar-refractivity contribution in [2.24, 2.45) is 0 Å². The van der Waals surface area contributed by atoms with Gasteiger partial charge in [-0.3, -0.25) is 15.6 Å². The lowest BCUT2D eigenvalue weighted by Crippen LogP contribution is -2.41. The van der Waals surface area contributed by atoms with E-state index in [0.29, 0.717) is 18.7 Å². The van der Waals surface area contributed by atoms with Gasteiger partial charge in [-0.2, -0.15) is 0 Å². The number of urea groups is 1. The first-order chi connectivity index (χ1) is 20.9. The van der Waals surface area contributed by atoms with E-state index in [-0.39, 0.29) is 22.8 Å². The zero-order chi connectivity index (χ0) is 30.2. The Kier molecular flexibility index (Phi) is 9.76. The second kappa shape index (κ2) is 14.0. The molecule has 0 unspecified atom stereocenters. The number of nitrogens with one attached hydrogen (secondary N) is 4. The van der Waals surface area contributed by atoms with Gasteiger partial charge in [-0.1, -0.05) is 72.3 Å². The summed E-state index contributed by atoms with van der Waals surface area (Å²) in [5.74, 6) is 0.686. The van der Waals surface area contributed by atoms with Gasteiger partial charge < -0.3 is 20.3 Å². The first kappa shape index (κ1) is 29.9. The first-order valence-electron chi connectivity index (χ1n) is 14.2. The Labute approximate surface area is 256 Å². The number of halogens is 1. The van der Waals surface area contributed by atoms with Crippen molar-refractivity contribution in [2.75, 3.05) is 32.7 Å². The van der Waals surface area contributed by atoms with E-state index in [0.717, 1.165) is 41.8 Å². The van der Waals surface area contributed by atoms with Crippen LogP contribution in [0.15, 0.2) is 85.1 Å². The Morgan fingerprint density at radius 2 is 1.60 bits per heavy atom. The summed E-state index contributed by atoms with van der Waals surface area (Å²) < 4.78 is 5.71. The Morgan fingerprint density at radius 1 is 0.953 bits per heavy atom. The summed E-state index contributed by atoms with van der Waals surface area (Å²) >= 11 is 6.41. The molecule has 4 N–H and O–H groups in total. The highest BCUT2D eigenvalue weighted by atomic mass is 35.5. The van der Waals surface area contributed by atoms with E-state index in [9.17, 15) is 9.59 Å². The van der Waals surface area contributed by atoms with Crippen LogP contribution >= 0.6 is 11.6 Å². The number of carbonyl (C=O) groups excluding carboxylic acids is 2. The number of hydrazine groups is 1. The van der Waals surface area contributed by atoms with E-state index in [4.69, 9.17) is 16.3 Å². The van der Waals surface area contributed by atoms with E-state index in [1.54, 1.807) is 0 Å². The lowest BCUT2D eigenvalue weighted by molar-refractivity contribution is 0.0950. The third-order valence-corrected chi connectivity index (χ3v) is 7.54. The van der Waals surface area contributed by atoms with Crippen molar-refractivity contribution in [1.82, 2.24) is 25.9 Å². The summed E-state index contributed by atoms with van der Waals surface area (Å²) in [5, 5.41) is 6.15. The Morgan fingerprint density at radius 3 is 2.23 bits per heavy atom. The van der Waals surface area contributed by atoms with Gasteiger partial charge in [0, 0.05) is 19.3 Å². The largest absolute Gasteiger partial charge is 0.492 e. The highest BCUT2D eigenvalue weighted by Gasteiger charge is 2.24. The number of aromatic nitrogens is 1. The fourth-order valence-electron chi connectivity index (χ4n) is 4.95. The molecular formula is C33H35ClN6O3. The molecule has 0 aliphatic heterocycles. The van der Waals surface area contributed by atoms with E-state index in [1.807, 2.05) is 62.6 Å². The minimum Gasteiger partial charge on any atom is -0.492 e. The van der Waals surface area contributed by atoms with Gasteiger partial charge >= 0.3 is 6.03 Å². The van der Waals surface area contributed by atoms with Gasteiger partial charge in [0.1, 0.15) is 12.4 Å². The second-order valence-corrected chi connectivity index (χ2v) is 11.0. The lowest BCUT2D eigenvalue weighted by atomic mass is 9.95. The van der Waals surface area contributed by atoms with Crippen LogP contribution in [0.2, 0.25) is 5.02 Å². The van der Waals surface area contributed by atoms with Crippen molar-refractivity contribution in [3.05, 3.63) is 123 Å². The van der Waals surface area contributed by atoms with Gasteiger partial charge in [0.25, 0.3) is 5.91 Å². The number of aryl methyl sites for hydroxylation is 2. The maximum atomic E-state index is 13.0. The predicted molar refractivity (Wildman–Crippen MR) is 168 cm³/mol. The lowest BCUT2D eigenvalue weighted by Gasteiger charge is -2.22. The van der Waals surface area contributed by atoms with Gasteiger partial charge in [0.2, 0.25) is 0 Å². The molecule has 4 aromatic rings. The number of benzene rings is 3. The van der Waals surface area contributed by atoms with E-state index in [2.05, 4.69) is 55.6 Å². The molecule has 1 aliphatic rings. The third-order valence-electron chi connectivity index (χ3n) is 7.25. The molecule has 222 valence electrons. The molecule has 0 bridgehead atoms. The fourth-order valence-corrected chi connectivity index (χ4v) is 5.16. The average Bonchev–Trinajstić information content (AvgIpc) is 3.17. The van der Waals surface area contributed by atoms with Crippen LogP contribution in [-0.4, -0.2) is 49.1 Å². The zero-order valence-corrected chi connectivity index (χ0v) is 24.9. The van der Waals surface area contributed by atoms with Crippen molar-refractivity contribution >= 4 is 29.4 Å². The summed E-state index contributed by atoms with van der Waals surface area (Å²) in [7, 11) is 3.99. The third kappa shape index (κ3) is 7.82. The van der Waals surface area contributed by atoms with Crippen LogP contribution in [0.25, 0.3) is 0 Å². The summed E-state index contributed by atoms with van der Waals surface area (Å²) in [4.78, 5) is 32.0. The normalized spacial score (nSPS) is 12.5. The van der Waals surface area contributed by atoms with Gasteiger partial charge in [-0.05, 0) is 73.0 Å². The van der Waals surface area contributed by atoms with Crippen LogP contribution in [0.1, 0.15) is 44.2 Å². The number of likely N-dealkylation sites (N-methyl/N-ethyl adjacent to an activating group) is 1. The van der Waals surface area contributed by atoms with Crippen molar-refractivity contribution in [2.45, 2.75) is 25.4 Å². The number of amides is 3. The topological polar surface area (TPSA) is 108 Å². The quantitative estimate of drug-likeness (QED) is 0.189. The molecule has 1 aromatic heterocycles. The molecule has 0 saturated heterocycles. The molecular weight excluding hydrogens is 564 g/mol. The second-order valence-electron chi connectivity index (χ2n) is 10.6. The molecule has 9 nitrogen and oxygen atoms in total. The van der Waals surface area contributed by atoms with Gasteiger partial charge in [0.05, 0.1) is 16.6 Å². The van der Waals surface area contributed by atoms with Crippen LogP contribution in [0.5, 0.6) is 5.75 Å². The molecule has 0 radical (unpaired) electrons. The number of hydrogen-bond acceptors (Lipinski definition) is 6. The summed E-state index contributed by atoms with van der Waals surface area (Å²) in [6.45, 7) is 1.77. The molecule has 5 rings (SSSR count). The van der Waals surface area contributed by atoms with E-state index < -0.39 is 6.03 Å². The molecule has 0 atom stereocenters. The van der Waals surface area contributed by atoms with E-state index in [1.165, 1.54) is 23.4 Å². The molecule has 43 heavy (non-hydrogen) atoms. The van der Waals surface area contributed by atoms with Crippen LogP contribution in [0.4, 0.5) is 10.6 Å². The summed E-state index contributed by atoms with van der Waals surface area (Å²) in [5.41, 5.74) is 11.2. The monoisotopic (exact) mass is 598 g/mol. The molecule has 0 saturated carbocycles. The van der Waals surface area contributed by atoms with Gasteiger partial charge in [0.15, 0.2) is 5.82 Å². The Bertz CT molecular complexity index is 1530. The number of pyridine rings is 1. The molecule has 0 spiro atoms. The number of ether oxygens (including phenoxy) is 1. The standard InChI is InChI=1S/C33H35ClN6O3/c1-40(2)17-18-43-26-15-11-22(12-16-26)20-36-32(41)25-19-29(34)31(35-21-25)38-39-33(42)37-30-27-9-5-3-7-23(27)13-14-24-8-4-6-10-28(24)30/h3-12,15-16,19,21,30H,13-14,17-18,20H2,1-2H3,(H,35,38)(H,36,41)(H2,37,39,42). The number of carbonyl (C=O) groups is 2. The Hall–Kier alpha value is -4.60. The van der Waals surface area contributed by atoms with Crippen LogP contribution < -0.4 is 26.2 Å². The highest BCUT2D eigenvalue weighted by molar-refractivity contribution is 6.33. The highest BCUT2D eigenvalue weighted by Crippen LogP contribution is 2.32. The number of rotatable bonds is 10. The number of nitrogens with zero attached hydrogens (tertiary/aromatic N) is 2. The number of fused-ring (bicyclic) bond motifs is 2. The minimum atomic E-state index is -0.440. The Balaban J connectivity index is 1.15. The number of hydrogen-bond donors (Lipinski definition) is 4. The van der Waals surface area contributed by atoms with Crippen molar-refractivity contribution in [1.29, 1.82) is 0 Å². The van der Waals surface area contributed by atoms with Crippen LogP contribution in [0, 0.1) is 0 Å². The molecule has 0 fully saturated rings. The van der Waals surface area contributed by atoms with Crippen LogP contribution in [0.3, 0.4) is 0 Å². The summed E-state index contributed by atoms with van der Waals surface area (Å²) in [6.07, 6.45) is 3.22. The van der Waals surface area contributed by atoms with Gasteiger partial charge in [-0.15, -0.1) is 0 Å². The molecule has 10 heteroatoms. The minimum absolute atomic E-state index is 0.192. The first-order valence-corrected chi connectivity index (χ1v) is 14.5. The molecule has 3 amide bonds. The van der Waals surface area contributed by atoms with Crippen molar-refractivity contribution in [3.63, 3.8) is 0 Å². The predicted octanol–water partition coefficient (Wildman–Crippen LogP) is 5.12. The fraction of sp³-hybridized carbons (Fsp3) is 0.242. The van der Waals surface area contributed by atoms with Crippen molar-refractivity contribution < 1.29 is 14.3 Å². The SMILES string of the molecule is CN(C)CCOc1ccc(CNC(=O)c2cnc(NNC(=O)NC3c4ccccc4CCc4ccccc43)c(Cl)c2)cc1.